The van der Waals surface area contributed by atoms with Crippen LogP contribution in [0.4, 0.5) is 0 Å². The monoisotopic (exact) mass is 573 g/mol. The quantitative estimate of drug-likeness (QED) is 0.209. The van der Waals surface area contributed by atoms with Crippen LogP contribution in [0.2, 0.25) is 0 Å². The van der Waals surface area contributed by atoms with Gasteiger partial charge in [-0.1, -0.05) is 55.5 Å². The van der Waals surface area contributed by atoms with Crippen LogP contribution in [0.3, 0.4) is 0 Å². The van der Waals surface area contributed by atoms with Gasteiger partial charge in [0, 0.05) is 45.6 Å². The fourth-order valence-corrected chi connectivity index (χ4v) is 4.44. The average Bonchev–Trinajstić information content (AvgIpc) is 3.49. The molecule has 0 amide bonds. The summed E-state index contributed by atoms with van der Waals surface area (Å²) in [4.78, 5) is 22.8. The van der Waals surface area contributed by atoms with Gasteiger partial charge < -0.3 is 19.5 Å². The lowest BCUT2D eigenvalue weighted by Crippen LogP contribution is -2.40. The largest absolute Gasteiger partial charge is 0.469 e. The van der Waals surface area contributed by atoms with E-state index in [1.807, 2.05) is 12.5 Å². The molecule has 180 valence electrons. The van der Waals surface area contributed by atoms with E-state index in [4.69, 9.17) is 4.74 Å². The summed E-state index contributed by atoms with van der Waals surface area (Å²) in [6, 6.07) is 17.1. The van der Waals surface area contributed by atoms with Gasteiger partial charge in [-0.2, -0.15) is 0 Å². The first-order chi connectivity index (χ1) is 16.1. The van der Waals surface area contributed by atoms with Gasteiger partial charge in [0.05, 0.1) is 19.4 Å². The molecule has 1 fully saturated rings. The van der Waals surface area contributed by atoms with Crippen molar-refractivity contribution in [1.82, 2.24) is 19.8 Å². The van der Waals surface area contributed by atoms with Crippen molar-refractivity contribution in [1.29, 1.82) is 0 Å². The Hall–Kier alpha value is -2.88. The molecule has 1 aromatic heterocycles. The van der Waals surface area contributed by atoms with Crippen molar-refractivity contribution in [3.8, 4) is 11.1 Å². The van der Waals surface area contributed by atoms with Crippen molar-refractivity contribution in [3.05, 3.63) is 78.4 Å². The van der Waals surface area contributed by atoms with Gasteiger partial charge in [0.1, 0.15) is 0 Å². The second-order valence-electron chi connectivity index (χ2n) is 8.50. The summed E-state index contributed by atoms with van der Waals surface area (Å²) in [5, 5.41) is 3.49. The minimum Gasteiger partial charge on any atom is -0.469 e. The second-order valence-corrected chi connectivity index (χ2v) is 8.50. The topological polar surface area (TPSA) is 71.8 Å². The fraction of sp³-hybridized carbons (Fsp3) is 0.346. The van der Waals surface area contributed by atoms with Crippen LogP contribution >= 0.6 is 24.0 Å². The van der Waals surface area contributed by atoms with Crippen molar-refractivity contribution in [2.24, 2.45) is 16.8 Å². The average molecular weight is 573 g/mol. The zero-order valence-corrected chi connectivity index (χ0v) is 22.2. The van der Waals surface area contributed by atoms with E-state index in [1.54, 1.807) is 13.2 Å². The van der Waals surface area contributed by atoms with E-state index >= 15 is 0 Å². The summed E-state index contributed by atoms with van der Waals surface area (Å²) in [5.41, 5.74) is 4.79. The Balaban J connectivity index is 0.00000324. The van der Waals surface area contributed by atoms with Gasteiger partial charge in [0.25, 0.3) is 0 Å². The lowest BCUT2D eigenvalue weighted by molar-refractivity contribution is -0.145. The third-order valence-electron chi connectivity index (χ3n) is 6.27. The van der Waals surface area contributed by atoms with Crippen LogP contribution in [0.25, 0.3) is 11.1 Å². The molecule has 2 aromatic carbocycles. The molecule has 0 bridgehead atoms. The SMILES string of the molecule is CN=C(NCc1ccccc1-c1ccc(Cn2ccnc2)cc1)N1CC(C)C(C(=O)OC)C1.I. The highest BCUT2D eigenvalue weighted by Gasteiger charge is 2.36. The molecular weight excluding hydrogens is 541 g/mol. The van der Waals surface area contributed by atoms with E-state index in [-0.39, 0.29) is 41.8 Å². The van der Waals surface area contributed by atoms with Gasteiger partial charge in [-0.25, -0.2) is 4.98 Å². The first kappa shape index (κ1) is 25.7. The van der Waals surface area contributed by atoms with E-state index in [9.17, 15) is 4.79 Å². The zero-order valence-electron chi connectivity index (χ0n) is 19.8. The van der Waals surface area contributed by atoms with Gasteiger partial charge in [-0.3, -0.25) is 9.79 Å². The van der Waals surface area contributed by atoms with Crippen LogP contribution in [0.1, 0.15) is 18.1 Å². The van der Waals surface area contributed by atoms with E-state index in [0.29, 0.717) is 13.1 Å². The maximum absolute atomic E-state index is 12.1. The normalized spacial score (nSPS) is 17.9. The number of benzene rings is 2. The molecule has 7 nitrogen and oxygen atoms in total. The fourth-order valence-electron chi connectivity index (χ4n) is 4.44. The predicted molar refractivity (Wildman–Crippen MR) is 145 cm³/mol. The highest BCUT2D eigenvalue weighted by Crippen LogP contribution is 2.26. The van der Waals surface area contributed by atoms with Crippen molar-refractivity contribution in [2.75, 3.05) is 27.2 Å². The number of nitrogens with zero attached hydrogens (tertiary/aromatic N) is 4. The first-order valence-electron chi connectivity index (χ1n) is 11.3. The van der Waals surface area contributed by atoms with Gasteiger partial charge in [0.2, 0.25) is 0 Å². The number of esters is 1. The van der Waals surface area contributed by atoms with E-state index in [2.05, 4.69) is 80.2 Å². The number of imidazole rings is 1. The van der Waals surface area contributed by atoms with Crippen LogP contribution in [-0.4, -0.2) is 53.6 Å². The lowest BCUT2D eigenvalue weighted by atomic mass is 9.98. The third kappa shape index (κ3) is 5.97. The van der Waals surface area contributed by atoms with Gasteiger partial charge in [-0.05, 0) is 28.2 Å². The van der Waals surface area contributed by atoms with Crippen LogP contribution in [0, 0.1) is 11.8 Å². The Bertz CT molecular complexity index is 1100. The van der Waals surface area contributed by atoms with Crippen molar-refractivity contribution < 1.29 is 9.53 Å². The van der Waals surface area contributed by atoms with E-state index < -0.39 is 0 Å². The number of aromatic nitrogens is 2. The molecule has 3 aromatic rings. The Morgan fingerprint density at radius 1 is 1.18 bits per heavy atom. The predicted octanol–water partition coefficient (Wildman–Crippen LogP) is 4.03. The van der Waals surface area contributed by atoms with Gasteiger partial charge >= 0.3 is 5.97 Å². The van der Waals surface area contributed by atoms with Crippen LogP contribution < -0.4 is 5.32 Å². The lowest BCUT2D eigenvalue weighted by Gasteiger charge is -2.22. The summed E-state index contributed by atoms with van der Waals surface area (Å²) in [6.45, 7) is 4.93. The number of aliphatic imine (C=N–C) groups is 1. The number of carbonyl (C=O) groups excluding carboxylic acids is 1. The number of carbonyl (C=O) groups is 1. The Kier molecular flexibility index (Phi) is 9.09. The number of halogens is 1. The Morgan fingerprint density at radius 2 is 1.94 bits per heavy atom. The number of rotatable bonds is 6. The van der Waals surface area contributed by atoms with Crippen LogP contribution in [-0.2, 0) is 22.6 Å². The van der Waals surface area contributed by atoms with Crippen molar-refractivity contribution >= 4 is 35.9 Å². The molecule has 0 aliphatic carbocycles. The smallest absolute Gasteiger partial charge is 0.310 e. The molecule has 0 radical (unpaired) electrons. The number of likely N-dealkylation sites (tertiary alicyclic amines) is 1. The molecular formula is C26H32IN5O2. The highest BCUT2D eigenvalue weighted by atomic mass is 127. The molecule has 2 heterocycles. The molecule has 34 heavy (non-hydrogen) atoms. The third-order valence-corrected chi connectivity index (χ3v) is 6.27. The van der Waals surface area contributed by atoms with Crippen LogP contribution in [0.5, 0.6) is 0 Å². The molecule has 0 saturated carbocycles. The molecule has 1 aliphatic rings. The number of nitrogens with one attached hydrogen (secondary N) is 1. The molecule has 2 unspecified atom stereocenters. The molecule has 1 saturated heterocycles. The molecule has 2 atom stereocenters. The second kappa shape index (κ2) is 12.0. The Morgan fingerprint density at radius 3 is 2.62 bits per heavy atom. The minimum atomic E-state index is -0.151. The molecule has 8 heteroatoms. The summed E-state index contributed by atoms with van der Waals surface area (Å²) in [6.07, 6.45) is 5.59. The van der Waals surface area contributed by atoms with E-state index in [1.165, 1.54) is 29.4 Å². The molecule has 1 N–H and O–H groups in total. The summed E-state index contributed by atoms with van der Waals surface area (Å²) < 4.78 is 7.03. The maximum atomic E-state index is 12.1. The zero-order chi connectivity index (χ0) is 23.2. The maximum Gasteiger partial charge on any atom is 0.310 e. The van der Waals surface area contributed by atoms with Crippen LogP contribution in [0.15, 0.2) is 72.2 Å². The molecule has 0 spiro atoms. The summed E-state index contributed by atoms with van der Waals surface area (Å²) in [7, 11) is 3.23. The first-order valence-corrected chi connectivity index (χ1v) is 11.3. The van der Waals surface area contributed by atoms with Gasteiger partial charge in [-0.15, -0.1) is 24.0 Å². The summed E-state index contributed by atoms with van der Waals surface area (Å²) >= 11 is 0. The van der Waals surface area contributed by atoms with Crippen molar-refractivity contribution in [2.45, 2.75) is 20.0 Å². The number of methoxy groups -OCH3 is 1. The van der Waals surface area contributed by atoms with Gasteiger partial charge in [0.15, 0.2) is 5.96 Å². The highest BCUT2D eigenvalue weighted by molar-refractivity contribution is 14.0. The Labute approximate surface area is 218 Å². The number of ether oxygens (including phenoxy) is 1. The molecule has 4 rings (SSSR count). The molecule has 1 aliphatic heterocycles. The minimum absolute atomic E-state index is 0. The standard InChI is InChI=1S/C26H31N5O2.HI/c1-19-15-31(17-24(19)25(32)33-3)26(27-2)29-14-22-6-4-5-7-23(22)21-10-8-20(9-11-21)16-30-13-12-28-18-30;/h4-13,18-19,24H,14-17H2,1-3H3,(H,27,29);1H. The van der Waals surface area contributed by atoms with Crippen molar-refractivity contribution in [3.63, 3.8) is 0 Å². The number of hydrogen-bond acceptors (Lipinski definition) is 4. The number of guanidine groups is 1. The number of hydrogen-bond donors (Lipinski definition) is 1. The summed E-state index contributed by atoms with van der Waals surface area (Å²) in [5.74, 6) is 0.756. The van der Waals surface area contributed by atoms with E-state index in [0.717, 1.165) is 19.0 Å².